The van der Waals surface area contributed by atoms with E-state index in [-0.39, 0.29) is 17.1 Å². The number of hydrogen-bond donors (Lipinski definition) is 1. The number of benzene rings is 2. The molecule has 0 radical (unpaired) electrons. The van der Waals surface area contributed by atoms with Gasteiger partial charge < -0.3 is 10.1 Å². The summed E-state index contributed by atoms with van der Waals surface area (Å²) in [6.07, 6.45) is 0. The van der Waals surface area contributed by atoms with Crippen molar-refractivity contribution in [1.82, 2.24) is 4.90 Å². The standard InChI is InChI=1S/C18H20N4O5/c23-21(24)16-4-5-17(18(11-16)22(25)26)19-12-14-2-1-3-15(10-14)13-20-6-8-27-9-7-20/h1-5,10-11,19H,6-9,12-13H2. The highest BCUT2D eigenvalue weighted by Gasteiger charge is 2.19. The number of morpholine rings is 1. The van der Waals surface area contributed by atoms with Gasteiger partial charge in [0.1, 0.15) is 5.69 Å². The number of non-ortho nitro benzene ring substituents is 1. The Labute approximate surface area is 155 Å². The summed E-state index contributed by atoms with van der Waals surface area (Å²) in [5.74, 6) is 0. The second-order valence-corrected chi connectivity index (χ2v) is 6.28. The number of nitrogens with zero attached hydrogens (tertiary/aromatic N) is 3. The van der Waals surface area contributed by atoms with Crippen LogP contribution in [-0.4, -0.2) is 41.0 Å². The van der Waals surface area contributed by atoms with Crippen molar-refractivity contribution in [3.63, 3.8) is 0 Å². The molecule has 0 unspecified atom stereocenters. The van der Waals surface area contributed by atoms with E-state index in [0.29, 0.717) is 6.54 Å². The molecule has 0 amide bonds. The molecule has 0 atom stereocenters. The minimum Gasteiger partial charge on any atom is -0.379 e. The lowest BCUT2D eigenvalue weighted by molar-refractivity contribution is -0.393. The Morgan fingerprint density at radius 1 is 1.00 bits per heavy atom. The van der Waals surface area contributed by atoms with Gasteiger partial charge in [0.05, 0.1) is 29.1 Å². The molecule has 1 saturated heterocycles. The van der Waals surface area contributed by atoms with Crippen LogP contribution in [0.3, 0.4) is 0 Å². The summed E-state index contributed by atoms with van der Waals surface area (Å²) in [5.41, 5.74) is 1.78. The van der Waals surface area contributed by atoms with E-state index in [2.05, 4.69) is 16.3 Å². The van der Waals surface area contributed by atoms with Crippen LogP contribution in [0.15, 0.2) is 42.5 Å². The Morgan fingerprint density at radius 2 is 1.74 bits per heavy atom. The molecule has 0 bridgehead atoms. The molecule has 0 aliphatic carbocycles. The van der Waals surface area contributed by atoms with Crippen molar-refractivity contribution in [3.8, 4) is 0 Å². The fourth-order valence-electron chi connectivity index (χ4n) is 2.99. The van der Waals surface area contributed by atoms with Crippen molar-refractivity contribution in [1.29, 1.82) is 0 Å². The fraction of sp³-hybridized carbons (Fsp3) is 0.333. The van der Waals surface area contributed by atoms with Crippen LogP contribution < -0.4 is 5.32 Å². The molecule has 0 saturated carbocycles. The van der Waals surface area contributed by atoms with E-state index in [1.165, 1.54) is 12.1 Å². The van der Waals surface area contributed by atoms with Crippen LogP contribution in [0.5, 0.6) is 0 Å². The van der Waals surface area contributed by atoms with E-state index in [1.807, 2.05) is 18.2 Å². The summed E-state index contributed by atoms with van der Waals surface area (Å²) in [5, 5.41) is 25.0. The Morgan fingerprint density at radius 3 is 2.44 bits per heavy atom. The van der Waals surface area contributed by atoms with Crippen molar-refractivity contribution < 1.29 is 14.6 Å². The zero-order valence-corrected chi connectivity index (χ0v) is 14.7. The third kappa shape index (κ3) is 4.99. The number of nitro benzene ring substituents is 2. The molecule has 1 N–H and O–H groups in total. The summed E-state index contributed by atoms with van der Waals surface area (Å²) in [7, 11) is 0. The van der Waals surface area contributed by atoms with E-state index < -0.39 is 9.85 Å². The van der Waals surface area contributed by atoms with Gasteiger partial charge in [-0.3, -0.25) is 25.1 Å². The SMILES string of the molecule is O=[N+]([O-])c1ccc(NCc2cccc(CN3CCOCC3)c2)c([N+](=O)[O-])c1. The summed E-state index contributed by atoms with van der Waals surface area (Å²) >= 11 is 0. The topological polar surface area (TPSA) is 111 Å². The largest absolute Gasteiger partial charge is 0.379 e. The third-order valence-corrected chi connectivity index (χ3v) is 4.37. The van der Waals surface area contributed by atoms with Gasteiger partial charge in [-0.1, -0.05) is 24.3 Å². The number of rotatable bonds is 7. The minimum absolute atomic E-state index is 0.254. The lowest BCUT2D eigenvalue weighted by Crippen LogP contribution is -2.35. The Balaban J connectivity index is 1.68. The van der Waals surface area contributed by atoms with Crippen LogP contribution >= 0.6 is 0 Å². The molecule has 9 nitrogen and oxygen atoms in total. The summed E-state index contributed by atoms with van der Waals surface area (Å²) in [4.78, 5) is 23.1. The second kappa shape index (κ2) is 8.56. The van der Waals surface area contributed by atoms with Gasteiger partial charge in [0.2, 0.25) is 0 Å². The molecule has 0 aromatic heterocycles. The zero-order chi connectivity index (χ0) is 19.2. The molecule has 1 aliphatic heterocycles. The first-order valence-electron chi connectivity index (χ1n) is 8.57. The van der Waals surface area contributed by atoms with Gasteiger partial charge in [0.25, 0.3) is 11.4 Å². The number of nitrogens with one attached hydrogen (secondary N) is 1. The zero-order valence-electron chi connectivity index (χ0n) is 14.7. The number of nitro groups is 2. The van der Waals surface area contributed by atoms with E-state index in [1.54, 1.807) is 0 Å². The van der Waals surface area contributed by atoms with E-state index in [0.717, 1.165) is 50.0 Å². The van der Waals surface area contributed by atoms with Crippen LogP contribution in [0.1, 0.15) is 11.1 Å². The molecule has 1 heterocycles. The van der Waals surface area contributed by atoms with Crippen molar-refractivity contribution >= 4 is 17.1 Å². The van der Waals surface area contributed by atoms with Crippen LogP contribution in [0, 0.1) is 20.2 Å². The average Bonchev–Trinajstić information content (AvgIpc) is 2.67. The maximum Gasteiger partial charge on any atom is 0.299 e. The van der Waals surface area contributed by atoms with Gasteiger partial charge in [-0.15, -0.1) is 0 Å². The molecule has 1 aliphatic rings. The van der Waals surface area contributed by atoms with Gasteiger partial charge in [0, 0.05) is 32.2 Å². The van der Waals surface area contributed by atoms with Crippen LogP contribution in [0.4, 0.5) is 17.1 Å². The van der Waals surface area contributed by atoms with Crippen molar-refractivity contribution in [2.75, 3.05) is 31.6 Å². The molecule has 27 heavy (non-hydrogen) atoms. The highest BCUT2D eigenvalue weighted by molar-refractivity contribution is 5.65. The second-order valence-electron chi connectivity index (χ2n) is 6.28. The molecule has 142 valence electrons. The average molecular weight is 372 g/mol. The van der Waals surface area contributed by atoms with Crippen molar-refractivity contribution in [3.05, 3.63) is 73.8 Å². The predicted molar refractivity (Wildman–Crippen MR) is 99.6 cm³/mol. The molecule has 3 rings (SSSR count). The number of hydrogen-bond acceptors (Lipinski definition) is 7. The molecule has 0 spiro atoms. The van der Waals surface area contributed by atoms with Gasteiger partial charge >= 0.3 is 0 Å². The first-order chi connectivity index (χ1) is 13.0. The van der Waals surface area contributed by atoms with Crippen molar-refractivity contribution in [2.24, 2.45) is 0 Å². The number of ether oxygens (including phenoxy) is 1. The Bertz CT molecular complexity index is 836. The molecule has 1 fully saturated rings. The lowest BCUT2D eigenvalue weighted by atomic mass is 10.1. The highest BCUT2D eigenvalue weighted by Crippen LogP contribution is 2.29. The van der Waals surface area contributed by atoms with Crippen LogP contribution in [0.25, 0.3) is 0 Å². The maximum atomic E-state index is 11.2. The summed E-state index contributed by atoms with van der Waals surface area (Å²) in [6.45, 7) is 4.50. The maximum absolute atomic E-state index is 11.2. The van der Waals surface area contributed by atoms with Crippen molar-refractivity contribution in [2.45, 2.75) is 13.1 Å². The Kier molecular flexibility index (Phi) is 5.94. The van der Waals surface area contributed by atoms with Gasteiger partial charge in [-0.25, -0.2) is 0 Å². The van der Waals surface area contributed by atoms with Crippen LogP contribution in [-0.2, 0) is 17.8 Å². The van der Waals surface area contributed by atoms with Gasteiger partial charge in [-0.05, 0) is 17.2 Å². The predicted octanol–water partition coefficient (Wildman–Crippen LogP) is 2.95. The minimum atomic E-state index is -0.647. The Hall–Kier alpha value is -3.04. The fourth-order valence-corrected chi connectivity index (χ4v) is 2.99. The van der Waals surface area contributed by atoms with Gasteiger partial charge in [0.15, 0.2) is 0 Å². The summed E-state index contributed by atoms with van der Waals surface area (Å²) in [6, 6.07) is 11.6. The molecule has 2 aromatic carbocycles. The number of anilines is 1. The van der Waals surface area contributed by atoms with E-state index in [9.17, 15) is 20.2 Å². The van der Waals surface area contributed by atoms with Gasteiger partial charge in [-0.2, -0.15) is 0 Å². The van der Waals surface area contributed by atoms with E-state index >= 15 is 0 Å². The summed E-state index contributed by atoms with van der Waals surface area (Å²) < 4.78 is 5.35. The third-order valence-electron chi connectivity index (χ3n) is 4.37. The normalized spacial score (nSPS) is 14.7. The molecule has 2 aromatic rings. The van der Waals surface area contributed by atoms with Crippen LogP contribution in [0.2, 0.25) is 0 Å². The molecule has 9 heteroatoms. The smallest absolute Gasteiger partial charge is 0.299 e. The lowest BCUT2D eigenvalue weighted by Gasteiger charge is -2.26. The monoisotopic (exact) mass is 372 g/mol. The quantitative estimate of drug-likeness (QED) is 0.587. The molecular formula is C18H20N4O5. The molecular weight excluding hydrogens is 352 g/mol. The highest BCUT2D eigenvalue weighted by atomic mass is 16.6. The first kappa shape index (κ1) is 18.7. The van der Waals surface area contributed by atoms with E-state index in [4.69, 9.17) is 4.74 Å². The first-order valence-corrected chi connectivity index (χ1v) is 8.57.